The largest absolute Gasteiger partial charge is 0.476 e. The maximum atomic E-state index is 11.1. The predicted molar refractivity (Wildman–Crippen MR) is 74.1 cm³/mol. The molecule has 0 atom stereocenters. The molecular formula is C15H18N2O2. The van der Waals surface area contributed by atoms with Crippen molar-refractivity contribution in [2.24, 2.45) is 13.0 Å². The number of aromatic nitrogens is 2. The summed E-state index contributed by atoms with van der Waals surface area (Å²) in [5.74, 6) is -0.390. The highest BCUT2D eigenvalue weighted by Gasteiger charge is 2.17. The Kier molecular flexibility index (Phi) is 3.69. The third kappa shape index (κ3) is 2.84. The van der Waals surface area contributed by atoms with Crippen LogP contribution in [0, 0.1) is 5.92 Å². The molecule has 19 heavy (non-hydrogen) atoms. The topological polar surface area (TPSA) is 55.1 Å². The van der Waals surface area contributed by atoms with E-state index in [0.717, 1.165) is 12.0 Å². The molecule has 0 bridgehead atoms. The molecule has 1 aromatic carbocycles. The van der Waals surface area contributed by atoms with E-state index in [2.05, 4.69) is 18.8 Å². The molecule has 1 aromatic heterocycles. The Morgan fingerprint density at radius 1 is 1.32 bits per heavy atom. The van der Waals surface area contributed by atoms with Gasteiger partial charge in [-0.1, -0.05) is 38.1 Å². The first kappa shape index (κ1) is 13.3. The smallest absolute Gasteiger partial charge is 0.356 e. The lowest BCUT2D eigenvalue weighted by molar-refractivity contribution is 0.0692. The average molecular weight is 258 g/mol. The van der Waals surface area contributed by atoms with Crippen molar-refractivity contribution in [1.82, 2.24) is 9.55 Å². The van der Waals surface area contributed by atoms with Gasteiger partial charge in [0, 0.05) is 12.6 Å². The van der Waals surface area contributed by atoms with Crippen LogP contribution in [0.3, 0.4) is 0 Å². The Bertz CT molecular complexity index is 583. The minimum atomic E-state index is -0.998. The molecule has 1 N–H and O–H groups in total. The van der Waals surface area contributed by atoms with Gasteiger partial charge in [-0.25, -0.2) is 9.78 Å². The van der Waals surface area contributed by atoms with Gasteiger partial charge < -0.3 is 9.67 Å². The number of carboxylic acid groups (broad SMARTS) is 1. The first-order valence-electron chi connectivity index (χ1n) is 6.33. The van der Waals surface area contributed by atoms with Gasteiger partial charge in [-0.05, 0) is 17.9 Å². The minimum absolute atomic E-state index is 0.0964. The third-order valence-electron chi connectivity index (χ3n) is 3.01. The molecule has 4 heteroatoms. The van der Waals surface area contributed by atoms with Crippen molar-refractivity contribution in [3.8, 4) is 11.3 Å². The zero-order valence-electron chi connectivity index (χ0n) is 11.4. The lowest BCUT2D eigenvalue weighted by Gasteiger charge is -2.08. The summed E-state index contributed by atoms with van der Waals surface area (Å²) in [6, 6.07) is 8.02. The van der Waals surface area contributed by atoms with E-state index in [9.17, 15) is 4.79 Å². The van der Waals surface area contributed by atoms with E-state index in [1.54, 1.807) is 11.6 Å². The van der Waals surface area contributed by atoms with Gasteiger partial charge in [0.1, 0.15) is 0 Å². The lowest BCUT2D eigenvalue weighted by atomic mass is 10.0. The highest BCUT2D eigenvalue weighted by Crippen LogP contribution is 2.23. The summed E-state index contributed by atoms with van der Waals surface area (Å²) < 4.78 is 1.74. The van der Waals surface area contributed by atoms with Crippen molar-refractivity contribution < 1.29 is 9.90 Å². The van der Waals surface area contributed by atoms with Crippen LogP contribution in [-0.2, 0) is 13.5 Å². The Morgan fingerprint density at radius 3 is 2.47 bits per heavy atom. The van der Waals surface area contributed by atoms with Crippen LogP contribution < -0.4 is 0 Å². The summed E-state index contributed by atoms with van der Waals surface area (Å²) in [6.07, 6.45) is 2.55. The highest BCUT2D eigenvalue weighted by atomic mass is 16.4. The van der Waals surface area contributed by atoms with Crippen molar-refractivity contribution >= 4 is 5.97 Å². The van der Waals surface area contributed by atoms with Gasteiger partial charge in [0.25, 0.3) is 0 Å². The molecule has 0 aliphatic carbocycles. The van der Waals surface area contributed by atoms with E-state index >= 15 is 0 Å². The third-order valence-corrected chi connectivity index (χ3v) is 3.01. The minimum Gasteiger partial charge on any atom is -0.476 e. The van der Waals surface area contributed by atoms with Crippen LogP contribution in [0.4, 0.5) is 0 Å². The number of benzene rings is 1. The van der Waals surface area contributed by atoms with Crippen LogP contribution in [0.15, 0.2) is 30.6 Å². The van der Waals surface area contributed by atoms with E-state index in [4.69, 9.17) is 5.11 Å². The average Bonchev–Trinajstić information content (AvgIpc) is 2.71. The highest BCUT2D eigenvalue weighted by molar-refractivity contribution is 5.92. The zero-order valence-corrected chi connectivity index (χ0v) is 11.4. The van der Waals surface area contributed by atoms with Gasteiger partial charge in [-0.15, -0.1) is 0 Å². The fourth-order valence-corrected chi connectivity index (χ4v) is 2.20. The number of carbonyl (C=O) groups is 1. The van der Waals surface area contributed by atoms with E-state index in [0.29, 0.717) is 11.6 Å². The second-order valence-corrected chi connectivity index (χ2v) is 5.15. The molecule has 2 aromatic rings. The van der Waals surface area contributed by atoms with E-state index in [-0.39, 0.29) is 5.69 Å². The van der Waals surface area contributed by atoms with Gasteiger partial charge in [-0.3, -0.25) is 0 Å². The second-order valence-electron chi connectivity index (χ2n) is 5.15. The first-order valence-corrected chi connectivity index (χ1v) is 6.33. The zero-order chi connectivity index (χ0) is 14.0. The van der Waals surface area contributed by atoms with Crippen LogP contribution in [0.5, 0.6) is 0 Å². The first-order chi connectivity index (χ1) is 8.99. The summed E-state index contributed by atoms with van der Waals surface area (Å²) in [6.45, 7) is 4.36. The summed E-state index contributed by atoms with van der Waals surface area (Å²) in [4.78, 5) is 15.1. The van der Waals surface area contributed by atoms with Crippen molar-refractivity contribution in [2.75, 3.05) is 0 Å². The summed E-state index contributed by atoms with van der Waals surface area (Å²) in [5, 5.41) is 9.14. The molecule has 0 radical (unpaired) electrons. The molecule has 0 spiro atoms. The molecule has 0 aliphatic heterocycles. The predicted octanol–water partition coefficient (Wildman–Crippen LogP) is 2.98. The van der Waals surface area contributed by atoms with E-state index in [1.807, 2.05) is 24.3 Å². The van der Waals surface area contributed by atoms with Crippen LogP contribution in [0.1, 0.15) is 29.9 Å². The number of carboxylic acids is 1. The lowest BCUT2D eigenvalue weighted by Crippen LogP contribution is -2.01. The van der Waals surface area contributed by atoms with E-state index < -0.39 is 5.97 Å². The number of hydrogen-bond donors (Lipinski definition) is 1. The molecule has 0 saturated heterocycles. The Morgan fingerprint density at radius 2 is 1.95 bits per heavy atom. The van der Waals surface area contributed by atoms with Crippen LogP contribution in [0.25, 0.3) is 11.3 Å². The summed E-state index contributed by atoms with van der Waals surface area (Å²) >= 11 is 0. The van der Waals surface area contributed by atoms with Crippen LogP contribution in [-0.4, -0.2) is 20.6 Å². The number of aromatic carboxylic acids is 1. The monoisotopic (exact) mass is 258 g/mol. The van der Waals surface area contributed by atoms with Crippen LogP contribution >= 0.6 is 0 Å². The normalized spacial score (nSPS) is 10.9. The summed E-state index contributed by atoms with van der Waals surface area (Å²) in [7, 11) is 1.80. The fraction of sp³-hybridized carbons (Fsp3) is 0.333. The number of rotatable bonds is 4. The van der Waals surface area contributed by atoms with Crippen molar-refractivity contribution in [3.05, 3.63) is 41.9 Å². The van der Waals surface area contributed by atoms with Crippen molar-refractivity contribution in [2.45, 2.75) is 20.3 Å². The molecular weight excluding hydrogens is 240 g/mol. The van der Waals surface area contributed by atoms with Gasteiger partial charge in [-0.2, -0.15) is 0 Å². The van der Waals surface area contributed by atoms with Gasteiger partial charge in [0.2, 0.25) is 0 Å². The molecule has 0 fully saturated rings. The van der Waals surface area contributed by atoms with Gasteiger partial charge in [0.15, 0.2) is 5.69 Å². The van der Waals surface area contributed by atoms with Crippen molar-refractivity contribution in [3.63, 3.8) is 0 Å². The van der Waals surface area contributed by atoms with Crippen LogP contribution in [0.2, 0.25) is 0 Å². The Balaban J connectivity index is 2.37. The standard InChI is InChI=1S/C15H18N2O2/c1-10(2)8-11-4-6-12(7-5-11)14-13(15(18)19)16-9-17(14)3/h4-7,9-10H,8H2,1-3H3,(H,18,19). The molecule has 0 amide bonds. The summed E-state index contributed by atoms with van der Waals surface area (Å²) in [5.41, 5.74) is 2.88. The molecule has 4 nitrogen and oxygen atoms in total. The second kappa shape index (κ2) is 5.26. The van der Waals surface area contributed by atoms with Crippen molar-refractivity contribution in [1.29, 1.82) is 0 Å². The van der Waals surface area contributed by atoms with Gasteiger partial charge in [0.05, 0.1) is 12.0 Å². The number of nitrogens with zero attached hydrogens (tertiary/aromatic N) is 2. The number of hydrogen-bond acceptors (Lipinski definition) is 2. The molecule has 100 valence electrons. The number of imidazole rings is 1. The molecule has 0 unspecified atom stereocenters. The Hall–Kier alpha value is -2.10. The molecule has 0 saturated carbocycles. The molecule has 2 rings (SSSR count). The fourth-order valence-electron chi connectivity index (χ4n) is 2.20. The quantitative estimate of drug-likeness (QED) is 0.917. The van der Waals surface area contributed by atoms with Gasteiger partial charge >= 0.3 is 5.97 Å². The maximum absolute atomic E-state index is 11.1. The Labute approximate surface area is 112 Å². The molecule has 0 aliphatic rings. The SMILES string of the molecule is CC(C)Cc1ccc(-c2c(C(=O)O)ncn2C)cc1. The maximum Gasteiger partial charge on any atom is 0.356 e. The van der Waals surface area contributed by atoms with E-state index in [1.165, 1.54) is 11.9 Å². The molecule has 1 heterocycles. The number of aryl methyl sites for hydroxylation is 1.